The first-order valence-electron chi connectivity index (χ1n) is 3.48. The Morgan fingerprint density at radius 1 is 1.64 bits per heavy atom. The Kier molecular flexibility index (Phi) is 13.3. The minimum absolute atomic E-state index is 0.733. The van der Waals surface area contributed by atoms with E-state index in [9.17, 15) is 9.59 Å². The third kappa shape index (κ3) is 27.9. The van der Waals surface area contributed by atoms with E-state index >= 15 is 0 Å². The van der Waals surface area contributed by atoms with Crippen molar-refractivity contribution in [1.29, 1.82) is 0 Å². The monoisotopic (exact) mass is 158 g/mol. The number of carbonyl (C=O) groups is 2. The highest BCUT2D eigenvalue weighted by atomic mass is 16.4. The summed E-state index contributed by atoms with van der Waals surface area (Å²) >= 11 is 0. The van der Waals surface area contributed by atoms with Gasteiger partial charge in [0.15, 0.2) is 0 Å². The molecule has 11 heavy (non-hydrogen) atoms. The quantitative estimate of drug-likeness (QED) is 0.384. The molecule has 0 saturated heterocycles. The summed E-state index contributed by atoms with van der Waals surface area (Å²) in [4.78, 5) is 18.8. The van der Waals surface area contributed by atoms with Crippen LogP contribution in [0.25, 0.3) is 0 Å². The van der Waals surface area contributed by atoms with Crippen LogP contribution in [0.3, 0.4) is 0 Å². The second kappa shape index (κ2) is 11.6. The van der Waals surface area contributed by atoms with Gasteiger partial charge >= 0.3 is 5.97 Å². The van der Waals surface area contributed by atoms with Crippen LogP contribution >= 0.6 is 0 Å². The average Bonchev–Trinajstić information content (AvgIpc) is 2.02. The first-order valence-corrected chi connectivity index (χ1v) is 3.48. The zero-order valence-electron chi connectivity index (χ0n) is 6.75. The molecule has 0 aromatic rings. The van der Waals surface area contributed by atoms with E-state index in [1.807, 2.05) is 0 Å². The van der Waals surface area contributed by atoms with Crippen molar-refractivity contribution in [3.05, 3.63) is 12.7 Å². The minimum Gasteiger partial charge on any atom is -0.478 e. The van der Waals surface area contributed by atoms with E-state index in [0.29, 0.717) is 0 Å². The summed E-state index contributed by atoms with van der Waals surface area (Å²) in [6.07, 6.45) is 4.70. The molecule has 0 spiro atoms. The van der Waals surface area contributed by atoms with Crippen molar-refractivity contribution in [2.45, 2.75) is 26.2 Å². The molecule has 0 unspecified atom stereocenters. The summed E-state index contributed by atoms with van der Waals surface area (Å²) in [5.74, 6) is -0.981. The maximum Gasteiger partial charge on any atom is 0.327 e. The Balaban J connectivity index is 0. The van der Waals surface area contributed by atoms with E-state index in [1.165, 1.54) is 0 Å². The van der Waals surface area contributed by atoms with E-state index < -0.39 is 5.97 Å². The van der Waals surface area contributed by atoms with Crippen LogP contribution in [0.2, 0.25) is 0 Å². The molecule has 3 heteroatoms. The summed E-state index contributed by atoms with van der Waals surface area (Å²) in [7, 11) is 0. The van der Waals surface area contributed by atoms with Crippen molar-refractivity contribution >= 4 is 12.3 Å². The van der Waals surface area contributed by atoms with E-state index in [1.54, 1.807) is 0 Å². The fourth-order valence-electron chi connectivity index (χ4n) is 0.287. The van der Waals surface area contributed by atoms with E-state index in [-0.39, 0.29) is 0 Å². The zero-order chi connectivity index (χ0) is 9.11. The fraction of sp³-hybridized carbons (Fsp3) is 0.500. The number of aliphatic carboxylic acids is 1. The van der Waals surface area contributed by atoms with Crippen LogP contribution in [0.5, 0.6) is 0 Å². The first-order chi connectivity index (χ1) is 5.18. The van der Waals surface area contributed by atoms with Gasteiger partial charge in [0.05, 0.1) is 0 Å². The Morgan fingerprint density at radius 2 is 2.09 bits per heavy atom. The van der Waals surface area contributed by atoms with Crippen molar-refractivity contribution in [3.8, 4) is 0 Å². The second-order valence-electron chi connectivity index (χ2n) is 1.85. The standard InChI is InChI=1S/C5H10O.C3H4O2/c1-2-3-4-5-6;1-2-3(4)5/h5H,2-4H2,1H3;2H,1H2,(H,4,5). The van der Waals surface area contributed by atoms with Crippen LogP contribution < -0.4 is 0 Å². The third-order valence-electron chi connectivity index (χ3n) is 0.850. The lowest BCUT2D eigenvalue weighted by molar-refractivity contribution is -0.131. The van der Waals surface area contributed by atoms with Crippen LogP contribution in [-0.4, -0.2) is 17.4 Å². The van der Waals surface area contributed by atoms with Gasteiger partial charge in [-0.2, -0.15) is 0 Å². The number of carboxylic acids is 1. The average molecular weight is 158 g/mol. The third-order valence-corrected chi connectivity index (χ3v) is 0.850. The lowest BCUT2D eigenvalue weighted by Gasteiger charge is -1.79. The summed E-state index contributed by atoms with van der Waals surface area (Å²) in [6, 6.07) is 0. The van der Waals surface area contributed by atoms with E-state index in [2.05, 4.69) is 13.5 Å². The minimum atomic E-state index is -0.981. The first kappa shape index (κ1) is 12.5. The Bertz CT molecular complexity index is 119. The van der Waals surface area contributed by atoms with Gasteiger partial charge in [0, 0.05) is 12.5 Å². The summed E-state index contributed by atoms with van der Waals surface area (Å²) in [5, 5.41) is 7.60. The normalized spacial score (nSPS) is 7.36. The van der Waals surface area contributed by atoms with Crippen LogP contribution in [0.15, 0.2) is 12.7 Å². The van der Waals surface area contributed by atoms with Gasteiger partial charge in [0.25, 0.3) is 0 Å². The van der Waals surface area contributed by atoms with Gasteiger partial charge in [0.2, 0.25) is 0 Å². The van der Waals surface area contributed by atoms with Gasteiger partial charge in [-0.05, 0) is 6.42 Å². The van der Waals surface area contributed by atoms with Crippen LogP contribution in [0, 0.1) is 0 Å². The topological polar surface area (TPSA) is 54.4 Å². The Morgan fingerprint density at radius 3 is 2.18 bits per heavy atom. The predicted molar refractivity (Wildman–Crippen MR) is 43.4 cm³/mol. The maximum absolute atomic E-state index is 9.56. The number of carboxylic acid groups (broad SMARTS) is 1. The molecular formula is C8H14O3. The molecule has 0 saturated carbocycles. The molecule has 3 nitrogen and oxygen atoms in total. The second-order valence-corrected chi connectivity index (χ2v) is 1.85. The molecule has 0 radical (unpaired) electrons. The Hall–Kier alpha value is -1.12. The van der Waals surface area contributed by atoms with Crippen molar-refractivity contribution in [3.63, 3.8) is 0 Å². The maximum atomic E-state index is 9.56. The highest BCUT2D eigenvalue weighted by Gasteiger charge is 1.75. The molecule has 0 aliphatic heterocycles. The van der Waals surface area contributed by atoms with Gasteiger partial charge in [0.1, 0.15) is 6.29 Å². The molecule has 0 bridgehead atoms. The smallest absolute Gasteiger partial charge is 0.327 e. The number of carbonyl (C=O) groups excluding carboxylic acids is 1. The van der Waals surface area contributed by atoms with Gasteiger partial charge in [-0.1, -0.05) is 19.9 Å². The molecule has 0 aromatic carbocycles. The van der Waals surface area contributed by atoms with Gasteiger partial charge in [-0.3, -0.25) is 0 Å². The summed E-state index contributed by atoms with van der Waals surface area (Å²) in [5.41, 5.74) is 0. The molecule has 0 heterocycles. The molecule has 0 amide bonds. The van der Waals surface area contributed by atoms with Crippen LogP contribution in [-0.2, 0) is 9.59 Å². The summed E-state index contributed by atoms with van der Waals surface area (Å²) in [6.45, 7) is 5.03. The van der Waals surface area contributed by atoms with Gasteiger partial charge in [-0.25, -0.2) is 4.79 Å². The van der Waals surface area contributed by atoms with Crippen molar-refractivity contribution < 1.29 is 14.7 Å². The number of aldehydes is 1. The molecule has 64 valence electrons. The molecule has 0 rings (SSSR count). The number of rotatable bonds is 4. The van der Waals surface area contributed by atoms with Crippen LogP contribution in [0.1, 0.15) is 26.2 Å². The van der Waals surface area contributed by atoms with Crippen molar-refractivity contribution in [2.24, 2.45) is 0 Å². The molecule has 0 fully saturated rings. The van der Waals surface area contributed by atoms with Crippen LogP contribution in [0.4, 0.5) is 0 Å². The van der Waals surface area contributed by atoms with Crippen molar-refractivity contribution in [1.82, 2.24) is 0 Å². The zero-order valence-corrected chi connectivity index (χ0v) is 6.75. The van der Waals surface area contributed by atoms with Gasteiger partial charge < -0.3 is 9.90 Å². The molecule has 0 aliphatic carbocycles. The highest BCUT2D eigenvalue weighted by Crippen LogP contribution is 1.87. The number of hydrogen-bond acceptors (Lipinski definition) is 2. The van der Waals surface area contributed by atoms with Gasteiger partial charge in [-0.15, -0.1) is 0 Å². The van der Waals surface area contributed by atoms with E-state index in [4.69, 9.17) is 5.11 Å². The lowest BCUT2D eigenvalue weighted by Crippen LogP contribution is -1.82. The predicted octanol–water partition coefficient (Wildman–Crippen LogP) is 1.63. The number of hydrogen-bond donors (Lipinski definition) is 1. The number of unbranched alkanes of at least 4 members (excludes halogenated alkanes) is 2. The SMILES string of the molecule is C=CC(=O)O.CCCCC=O. The molecule has 0 aliphatic rings. The van der Waals surface area contributed by atoms with Crippen molar-refractivity contribution in [2.75, 3.05) is 0 Å². The van der Waals surface area contributed by atoms with E-state index in [0.717, 1.165) is 31.6 Å². The molecular weight excluding hydrogens is 144 g/mol. The lowest BCUT2D eigenvalue weighted by atomic mass is 10.3. The Labute approximate surface area is 66.7 Å². The largest absolute Gasteiger partial charge is 0.478 e. The fourth-order valence-corrected chi connectivity index (χ4v) is 0.287. The molecule has 0 atom stereocenters. The summed E-state index contributed by atoms with van der Waals surface area (Å²) < 4.78 is 0. The highest BCUT2D eigenvalue weighted by molar-refractivity contribution is 5.78. The molecule has 0 aromatic heterocycles. The molecule has 1 N–H and O–H groups in total.